The second-order valence-electron chi connectivity index (χ2n) is 10.1. The molecule has 0 bridgehead atoms. The van der Waals surface area contributed by atoms with Crippen LogP contribution in [0.3, 0.4) is 0 Å². The number of carbonyl (C=O) groups is 2. The molecule has 1 aromatic heterocycles. The largest absolute Gasteiger partial charge is 0.482 e. The predicted molar refractivity (Wildman–Crippen MR) is 165 cm³/mol. The molecule has 0 spiro atoms. The minimum Gasteiger partial charge on any atom is -0.482 e. The first-order valence-electron chi connectivity index (χ1n) is 13.7. The van der Waals surface area contributed by atoms with Gasteiger partial charge in [0.05, 0.1) is 9.61 Å². The topological polar surface area (TPSA) is 109 Å². The standard InChI is InChI=1S/C32H30FIN2O6/c1-2-35-30(38)21-16-25(29(37)28(17-21)41-27-10-6-4-8-24(27)34)36(18-19-11-13-22(33)14-12-19)31(39)23-15-20-7-3-5-9-26(20)42-32(23)40/h3-13,15,17,22,25,28-29,37H,2,14,16,18H2,1H3,(H,35,38)/t22?,25-,28+,29+/m1/s1. The van der Waals surface area contributed by atoms with Crippen molar-refractivity contribution in [1.29, 1.82) is 0 Å². The van der Waals surface area contributed by atoms with Gasteiger partial charge in [0.25, 0.3) is 5.91 Å². The summed E-state index contributed by atoms with van der Waals surface area (Å²) in [5.74, 6) is -0.518. The van der Waals surface area contributed by atoms with Crippen LogP contribution in [-0.4, -0.2) is 59.3 Å². The molecule has 1 unspecified atom stereocenters. The normalized spacial score (nSPS) is 21.8. The Balaban J connectivity index is 1.57. The first-order chi connectivity index (χ1) is 20.2. The predicted octanol–water partition coefficient (Wildman–Crippen LogP) is 4.71. The number of hydrogen-bond acceptors (Lipinski definition) is 6. The summed E-state index contributed by atoms with van der Waals surface area (Å²) in [7, 11) is 0. The van der Waals surface area contributed by atoms with Gasteiger partial charge in [-0.05, 0) is 65.4 Å². The van der Waals surface area contributed by atoms with Crippen LogP contribution in [0.1, 0.15) is 30.1 Å². The Kier molecular flexibility index (Phi) is 9.22. The fourth-order valence-corrected chi connectivity index (χ4v) is 5.63. The molecule has 218 valence electrons. The van der Waals surface area contributed by atoms with Crippen molar-refractivity contribution in [1.82, 2.24) is 10.2 Å². The van der Waals surface area contributed by atoms with E-state index in [1.165, 1.54) is 17.0 Å². The highest BCUT2D eigenvalue weighted by molar-refractivity contribution is 14.1. The minimum atomic E-state index is -1.27. The SMILES string of the molecule is CCNC(=O)C1=C[C@H](Oc2ccccc2I)[C@@H](O)[C@H](N(CC2=CCC(F)C=C2)C(=O)c2cc3ccccc3oc2=O)C1. The Morgan fingerprint density at radius 1 is 1.19 bits per heavy atom. The molecular weight excluding hydrogens is 654 g/mol. The summed E-state index contributed by atoms with van der Waals surface area (Å²) < 4.78 is 26.3. The molecule has 2 N–H and O–H groups in total. The lowest BCUT2D eigenvalue weighted by atomic mass is 9.87. The molecule has 1 heterocycles. The van der Waals surface area contributed by atoms with Gasteiger partial charge in [-0.15, -0.1) is 0 Å². The molecule has 8 nitrogen and oxygen atoms in total. The molecule has 0 fully saturated rings. The van der Waals surface area contributed by atoms with E-state index in [9.17, 15) is 23.9 Å². The Labute approximate surface area is 255 Å². The van der Waals surface area contributed by atoms with E-state index in [0.29, 0.717) is 34.4 Å². The van der Waals surface area contributed by atoms with Crippen molar-refractivity contribution in [3.63, 3.8) is 0 Å². The van der Waals surface area contributed by atoms with Crippen LogP contribution in [0.2, 0.25) is 0 Å². The first-order valence-corrected chi connectivity index (χ1v) is 14.8. The van der Waals surface area contributed by atoms with E-state index >= 15 is 0 Å². The maximum absolute atomic E-state index is 14.2. The lowest BCUT2D eigenvalue weighted by Gasteiger charge is -2.40. The van der Waals surface area contributed by atoms with Crippen LogP contribution in [0.25, 0.3) is 11.0 Å². The molecule has 42 heavy (non-hydrogen) atoms. The number of benzene rings is 2. The molecule has 2 amide bonds. The number of para-hydroxylation sites is 2. The Bertz CT molecular complexity index is 1650. The van der Waals surface area contributed by atoms with Crippen LogP contribution in [-0.2, 0) is 4.79 Å². The fourth-order valence-electron chi connectivity index (χ4n) is 5.12. The average Bonchev–Trinajstić information content (AvgIpc) is 2.98. The number of hydrogen-bond donors (Lipinski definition) is 2. The Morgan fingerprint density at radius 2 is 1.95 bits per heavy atom. The zero-order valence-corrected chi connectivity index (χ0v) is 25.0. The molecular formula is C32H30FIN2O6. The van der Waals surface area contributed by atoms with Crippen molar-refractivity contribution in [2.24, 2.45) is 0 Å². The van der Waals surface area contributed by atoms with E-state index in [1.807, 2.05) is 12.1 Å². The molecule has 10 heteroatoms. The third-order valence-electron chi connectivity index (χ3n) is 7.26. The lowest BCUT2D eigenvalue weighted by Crippen LogP contribution is -2.56. The number of halogens is 2. The summed E-state index contributed by atoms with van der Waals surface area (Å²) >= 11 is 2.12. The van der Waals surface area contributed by atoms with Gasteiger partial charge in [-0.1, -0.05) is 48.6 Å². The maximum atomic E-state index is 14.2. The lowest BCUT2D eigenvalue weighted by molar-refractivity contribution is -0.118. The molecule has 0 saturated heterocycles. The zero-order valence-electron chi connectivity index (χ0n) is 22.8. The van der Waals surface area contributed by atoms with E-state index < -0.39 is 36.0 Å². The van der Waals surface area contributed by atoms with Crippen LogP contribution < -0.4 is 15.7 Å². The number of ether oxygens (including phenoxy) is 1. The van der Waals surface area contributed by atoms with Crippen molar-refractivity contribution in [3.05, 3.63) is 110 Å². The number of rotatable bonds is 8. The molecule has 2 aliphatic rings. The van der Waals surface area contributed by atoms with E-state index in [2.05, 4.69) is 27.9 Å². The number of aliphatic hydroxyl groups excluding tert-OH is 1. The number of likely N-dealkylation sites (N-methyl/N-ethyl adjacent to an activating group) is 1. The summed E-state index contributed by atoms with van der Waals surface area (Å²) in [4.78, 5) is 41.6. The van der Waals surface area contributed by atoms with Gasteiger partial charge < -0.3 is 24.5 Å². The molecule has 5 rings (SSSR count). The van der Waals surface area contributed by atoms with E-state index in [0.717, 1.165) is 3.57 Å². The van der Waals surface area contributed by atoms with E-state index in [-0.39, 0.29) is 30.9 Å². The van der Waals surface area contributed by atoms with E-state index in [4.69, 9.17) is 9.15 Å². The third kappa shape index (κ3) is 6.49. The van der Waals surface area contributed by atoms with Gasteiger partial charge in [0.2, 0.25) is 5.91 Å². The molecule has 0 saturated carbocycles. The van der Waals surface area contributed by atoms with Crippen LogP contribution in [0.15, 0.2) is 99.3 Å². The average molecular weight is 685 g/mol. The monoisotopic (exact) mass is 684 g/mol. The molecule has 2 aromatic carbocycles. The van der Waals surface area contributed by atoms with Gasteiger partial charge in [0.15, 0.2) is 0 Å². The number of aliphatic hydroxyl groups is 1. The number of fused-ring (bicyclic) bond motifs is 1. The summed E-state index contributed by atoms with van der Waals surface area (Å²) in [6, 6.07) is 14.6. The van der Waals surface area contributed by atoms with Gasteiger partial charge in [-0.3, -0.25) is 9.59 Å². The Morgan fingerprint density at radius 3 is 2.69 bits per heavy atom. The molecule has 3 aromatic rings. The minimum absolute atomic E-state index is 0.00608. The van der Waals surface area contributed by atoms with Gasteiger partial charge >= 0.3 is 5.63 Å². The molecule has 0 radical (unpaired) electrons. The second kappa shape index (κ2) is 13.0. The summed E-state index contributed by atoms with van der Waals surface area (Å²) in [5, 5.41) is 15.0. The number of allylic oxidation sites excluding steroid dienone is 2. The molecule has 4 atom stereocenters. The van der Waals surface area contributed by atoms with Crippen molar-refractivity contribution in [3.8, 4) is 5.75 Å². The van der Waals surface area contributed by atoms with Crippen LogP contribution in [0, 0.1) is 3.57 Å². The first kappa shape index (κ1) is 29.7. The maximum Gasteiger partial charge on any atom is 0.349 e. The van der Waals surface area contributed by atoms with Crippen LogP contribution in [0.4, 0.5) is 4.39 Å². The quantitative estimate of drug-likeness (QED) is 0.263. The highest BCUT2D eigenvalue weighted by Gasteiger charge is 2.41. The number of carbonyl (C=O) groups excluding carboxylic acids is 2. The highest BCUT2D eigenvalue weighted by Crippen LogP contribution is 2.31. The summed E-state index contributed by atoms with van der Waals surface area (Å²) in [6.07, 6.45) is 3.03. The van der Waals surface area contributed by atoms with Crippen molar-refractivity contribution >= 4 is 45.4 Å². The van der Waals surface area contributed by atoms with Crippen LogP contribution >= 0.6 is 22.6 Å². The summed E-state index contributed by atoms with van der Waals surface area (Å²) in [6.45, 7) is 2.14. The van der Waals surface area contributed by atoms with Crippen molar-refractivity contribution in [2.75, 3.05) is 13.1 Å². The molecule has 0 aliphatic heterocycles. The van der Waals surface area contributed by atoms with Crippen LogP contribution in [0.5, 0.6) is 5.75 Å². The third-order valence-corrected chi connectivity index (χ3v) is 8.16. The summed E-state index contributed by atoms with van der Waals surface area (Å²) in [5.41, 5.74) is 0.274. The van der Waals surface area contributed by atoms with Gasteiger partial charge in [-0.25, -0.2) is 9.18 Å². The van der Waals surface area contributed by atoms with Crippen molar-refractivity contribution < 1.29 is 28.2 Å². The van der Waals surface area contributed by atoms with Gasteiger partial charge in [0, 0.05) is 36.9 Å². The molecule has 2 aliphatic carbocycles. The number of amides is 2. The van der Waals surface area contributed by atoms with E-state index in [1.54, 1.807) is 61.5 Å². The van der Waals surface area contributed by atoms with Crippen molar-refractivity contribution in [2.45, 2.75) is 44.2 Å². The second-order valence-corrected chi connectivity index (χ2v) is 11.3. The smallest absolute Gasteiger partial charge is 0.349 e. The zero-order chi connectivity index (χ0) is 29.8. The number of alkyl halides is 1. The fraction of sp³-hybridized carbons (Fsp3) is 0.281. The Hall–Kier alpha value is -3.77. The van der Waals surface area contributed by atoms with Gasteiger partial charge in [-0.2, -0.15) is 0 Å². The number of nitrogens with one attached hydrogen (secondary N) is 1. The number of nitrogens with zero attached hydrogens (tertiary/aromatic N) is 1. The highest BCUT2D eigenvalue weighted by atomic mass is 127. The van der Waals surface area contributed by atoms with Gasteiger partial charge in [0.1, 0.15) is 35.3 Å².